The van der Waals surface area contributed by atoms with E-state index in [4.69, 9.17) is 18.9 Å². The molecule has 0 radical (unpaired) electrons. The van der Waals surface area contributed by atoms with E-state index in [0.717, 1.165) is 6.42 Å². The van der Waals surface area contributed by atoms with E-state index in [1.54, 1.807) is 13.8 Å². The van der Waals surface area contributed by atoms with E-state index in [1.807, 2.05) is 51.1 Å². The minimum Gasteiger partial charge on any atom is -0.493 e. The molecule has 8 heteroatoms. The van der Waals surface area contributed by atoms with E-state index >= 15 is 0 Å². The summed E-state index contributed by atoms with van der Waals surface area (Å²) in [5.74, 6) is -1.25. The van der Waals surface area contributed by atoms with Crippen LogP contribution in [-0.4, -0.2) is 42.0 Å². The van der Waals surface area contributed by atoms with Gasteiger partial charge in [-0.1, -0.05) is 52.3 Å². The molecule has 0 amide bonds. The number of hydrogen-bond donors (Lipinski definition) is 0. The molecule has 2 rings (SSSR count). The van der Waals surface area contributed by atoms with Crippen molar-refractivity contribution in [1.29, 1.82) is 0 Å². The van der Waals surface area contributed by atoms with Gasteiger partial charge < -0.3 is 18.9 Å². The van der Waals surface area contributed by atoms with E-state index in [9.17, 15) is 14.4 Å². The largest absolute Gasteiger partial charge is 0.493 e. The van der Waals surface area contributed by atoms with Gasteiger partial charge in [-0.05, 0) is 31.4 Å². The van der Waals surface area contributed by atoms with Crippen LogP contribution in [0.3, 0.4) is 0 Å². The summed E-state index contributed by atoms with van der Waals surface area (Å²) >= 11 is 0. The number of hydrogen-bond acceptors (Lipinski definition) is 8. The van der Waals surface area contributed by atoms with Gasteiger partial charge in [0.2, 0.25) is 5.75 Å². The fraction of sp³-hybridized carbons (Fsp3) is 0.500. The van der Waals surface area contributed by atoms with Crippen LogP contribution in [0.5, 0.6) is 17.2 Å². The van der Waals surface area contributed by atoms with E-state index in [0.29, 0.717) is 12.2 Å². The highest BCUT2D eigenvalue weighted by Crippen LogP contribution is 2.31. The first kappa shape index (κ1) is 28.8. The Bertz CT molecular complexity index is 1010. The molecule has 0 spiro atoms. The van der Waals surface area contributed by atoms with Crippen LogP contribution in [0.15, 0.2) is 42.6 Å². The highest BCUT2D eigenvalue weighted by molar-refractivity contribution is 6.00. The first-order valence-electron chi connectivity index (χ1n) is 12.4. The fourth-order valence-corrected chi connectivity index (χ4v) is 3.63. The number of aromatic nitrogens is 1. The number of benzene rings is 1. The lowest BCUT2D eigenvalue weighted by atomic mass is 10.0. The predicted octanol–water partition coefficient (Wildman–Crippen LogP) is 5.43. The zero-order valence-electron chi connectivity index (χ0n) is 22.0. The predicted molar refractivity (Wildman–Crippen MR) is 135 cm³/mol. The van der Waals surface area contributed by atoms with Crippen molar-refractivity contribution in [2.24, 2.45) is 11.8 Å². The molecule has 0 bridgehead atoms. The summed E-state index contributed by atoms with van der Waals surface area (Å²) in [5, 5.41) is 0. The molecule has 1 heterocycles. The first-order chi connectivity index (χ1) is 17.2. The van der Waals surface area contributed by atoms with Crippen molar-refractivity contribution in [2.45, 2.75) is 72.5 Å². The van der Waals surface area contributed by atoms with Crippen molar-refractivity contribution in [3.05, 3.63) is 48.3 Å². The molecule has 0 saturated heterocycles. The normalized spacial score (nSPS) is 13.4. The fourth-order valence-electron chi connectivity index (χ4n) is 3.63. The van der Waals surface area contributed by atoms with E-state index < -0.39 is 29.7 Å². The lowest BCUT2D eigenvalue weighted by Gasteiger charge is -2.29. The molecule has 3 atom stereocenters. The maximum Gasteiger partial charge on any atom is 0.311 e. The monoisotopic (exact) mass is 499 g/mol. The van der Waals surface area contributed by atoms with Crippen LogP contribution in [0, 0.1) is 11.8 Å². The zero-order valence-corrected chi connectivity index (χ0v) is 22.0. The van der Waals surface area contributed by atoms with Crippen LogP contribution in [0.4, 0.5) is 0 Å². The van der Waals surface area contributed by atoms with Crippen LogP contribution in [-0.2, 0) is 14.3 Å². The van der Waals surface area contributed by atoms with Gasteiger partial charge in [-0.3, -0.25) is 14.4 Å². The number of ketones is 1. The number of esters is 2. The van der Waals surface area contributed by atoms with Crippen LogP contribution in [0.1, 0.15) is 70.8 Å². The average molecular weight is 500 g/mol. The van der Waals surface area contributed by atoms with Crippen molar-refractivity contribution in [1.82, 2.24) is 4.98 Å². The molecule has 0 unspecified atom stereocenters. The molecule has 0 saturated carbocycles. The minimum atomic E-state index is -0.749. The molecule has 0 aliphatic rings. The van der Waals surface area contributed by atoms with Gasteiger partial charge in [0.1, 0.15) is 18.0 Å². The Morgan fingerprint density at radius 3 is 2.31 bits per heavy atom. The van der Waals surface area contributed by atoms with Crippen molar-refractivity contribution in [3.8, 4) is 17.2 Å². The maximum atomic E-state index is 13.1. The molecule has 36 heavy (non-hydrogen) atoms. The van der Waals surface area contributed by atoms with Gasteiger partial charge in [0.05, 0.1) is 13.0 Å². The molecule has 0 N–H and O–H groups in total. The Morgan fingerprint density at radius 2 is 1.69 bits per heavy atom. The second-order valence-electron chi connectivity index (χ2n) is 9.08. The van der Waals surface area contributed by atoms with Gasteiger partial charge in [-0.15, -0.1) is 0 Å². The number of Topliss-reactive ketones (excluding diaryl/α,β-unsaturated/α-hetero) is 1. The standard InChI is InChI=1S/C28H37NO7/c1-7-8-14-24(31)36-27-23(33-6)15-16-29-25(27)22(30)17-19(4)28(32)34-20(5)26(18(2)3)35-21-12-10-9-11-13-21/h9-13,15-16,18-20,26H,7-8,14,17H2,1-6H3/t19-,20+,26-/m1/s1. The number of carbonyl (C=O) groups is 3. The third-order valence-corrected chi connectivity index (χ3v) is 5.63. The Labute approximate surface area is 213 Å². The number of pyridine rings is 1. The van der Waals surface area contributed by atoms with Gasteiger partial charge in [0.15, 0.2) is 17.2 Å². The number of rotatable bonds is 14. The summed E-state index contributed by atoms with van der Waals surface area (Å²) in [7, 11) is 1.41. The molecule has 196 valence electrons. The van der Waals surface area contributed by atoms with Gasteiger partial charge in [0, 0.05) is 25.1 Å². The maximum absolute atomic E-state index is 13.1. The second kappa shape index (κ2) is 14.2. The second-order valence-corrected chi connectivity index (χ2v) is 9.08. The number of ether oxygens (including phenoxy) is 4. The average Bonchev–Trinajstić information content (AvgIpc) is 2.86. The van der Waals surface area contributed by atoms with Crippen LogP contribution in [0.25, 0.3) is 0 Å². The Hall–Kier alpha value is -3.42. The summed E-state index contributed by atoms with van der Waals surface area (Å²) in [6, 6.07) is 10.8. The quantitative estimate of drug-likeness (QED) is 0.250. The molecule has 1 aromatic heterocycles. The molecule has 0 fully saturated rings. The Morgan fingerprint density at radius 1 is 1.00 bits per heavy atom. The van der Waals surface area contributed by atoms with Gasteiger partial charge in [0.25, 0.3) is 0 Å². The summed E-state index contributed by atoms with van der Waals surface area (Å²) in [4.78, 5) is 42.2. The van der Waals surface area contributed by atoms with E-state index in [2.05, 4.69) is 4.98 Å². The molecule has 8 nitrogen and oxygen atoms in total. The summed E-state index contributed by atoms with van der Waals surface area (Å²) in [6.07, 6.45) is 2.03. The number of carbonyl (C=O) groups excluding carboxylic acids is 3. The molecule has 0 aliphatic heterocycles. The number of nitrogens with zero attached hydrogens (tertiary/aromatic N) is 1. The van der Waals surface area contributed by atoms with Gasteiger partial charge in [-0.25, -0.2) is 4.98 Å². The lowest BCUT2D eigenvalue weighted by Crippen LogP contribution is -2.38. The van der Waals surface area contributed by atoms with Crippen molar-refractivity contribution in [3.63, 3.8) is 0 Å². The molecule has 0 aliphatic carbocycles. The minimum absolute atomic E-state index is 0.0313. The molecule has 2 aromatic rings. The first-order valence-corrected chi connectivity index (χ1v) is 12.4. The van der Waals surface area contributed by atoms with Crippen LogP contribution < -0.4 is 14.2 Å². The van der Waals surface area contributed by atoms with E-state index in [-0.39, 0.29) is 42.1 Å². The van der Waals surface area contributed by atoms with Crippen molar-refractivity contribution in [2.75, 3.05) is 7.11 Å². The third kappa shape index (κ3) is 8.36. The lowest BCUT2D eigenvalue weighted by molar-refractivity contribution is -0.158. The number of unbranched alkanes of at least 4 members (excludes halogenated alkanes) is 1. The Kier molecular flexibility index (Phi) is 11.4. The highest BCUT2D eigenvalue weighted by atomic mass is 16.6. The number of methoxy groups -OCH3 is 1. The van der Waals surface area contributed by atoms with Crippen LogP contribution in [0.2, 0.25) is 0 Å². The van der Waals surface area contributed by atoms with Crippen molar-refractivity contribution >= 4 is 17.7 Å². The van der Waals surface area contributed by atoms with E-state index in [1.165, 1.54) is 19.4 Å². The molecule has 1 aromatic carbocycles. The number of para-hydroxylation sites is 1. The summed E-state index contributed by atoms with van der Waals surface area (Å²) in [6.45, 7) is 9.33. The summed E-state index contributed by atoms with van der Waals surface area (Å²) in [5.41, 5.74) is -0.0561. The Balaban J connectivity index is 2.08. The summed E-state index contributed by atoms with van der Waals surface area (Å²) < 4.78 is 22.4. The smallest absolute Gasteiger partial charge is 0.311 e. The third-order valence-electron chi connectivity index (χ3n) is 5.63. The van der Waals surface area contributed by atoms with Gasteiger partial charge >= 0.3 is 11.9 Å². The zero-order chi connectivity index (χ0) is 26.7. The topological polar surface area (TPSA) is 101 Å². The van der Waals surface area contributed by atoms with Gasteiger partial charge in [-0.2, -0.15) is 0 Å². The van der Waals surface area contributed by atoms with Crippen molar-refractivity contribution < 1.29 is 33.3 Å². The molecular formula is C28H37NO7. The molecular weight excluding hydrogens is 462 g/mol. The van der Waals surface area contributed by atoms with Crippen LogP contribution >= 0.6 is 0 Å². The SMILES string of the molecule is CCCCC(=O)Oc1c(OC)ccnc1C(=O)C[C@@H](C)C(=O)O[C@@H](C)[C@H](Oc1ccccc1)C(C)C. The highest BCUT2D eigenvalue weighted by Gasteiger charge is 2.30.